The predicted molar refractivity (Wildman–Crippen MR) is 127 cm³/mol. The molecule has 2 heterocycles. The molecular formula is C23H29ClN6O. The second kappa shape index (κ2) is 9.92. The maximum atomic E-state index is 12.3. The first-order chi connectivity index (χ1) is 15.1. The lowest BCUT2D eigenvalue weighted by molar-refractivity contribution is 0.222. The Morgan fingerprint density at radius 1 is 0.968 bits per heavy atom. The highest BCUT2D eigenvalue weighted by Gasteiger charge is 2.19. The van der Waals surface area contributed by atoms with Crippen molar-refractivity contribution in [3.8, 4) is 0 Å². The van der Waals surface area contributed by atoms with Crippen LogP contribution in [0.1, 0.15) is 18.4 Å². The summed E-state index contributed by atoms with van der Waals surface area (Å²) in [4.78, 5) is 23.2. The molecule has 0 unspecified atom stereocenters. The van der Waals surface area contributed by atoms with Crippen molar-refractivity contribution in [1.29, 1.82) is 0 Å². The number of anilines is 2. The molecular weight excluding hydrogens is 412 g/mol. The van der Waals surface area contributed by atoms with Gasteiger partial charge in [0.1, 0.15) is 0 Å². The number of nitrogens with two attached hydrogens (primary N) is 1. The number of guanidine groups is 1. The highest BCUT2D eigenvalue weighted by Crippen LogP contribution is 2.19. The second-order valence-electron chi connectivity index (χ2n) is 7.95. The first kappa shape index (κ1) is 21.3. The Hall–Kier alpha value is -2.93. The number of halogens is 1. The maximum absolute atomic E-state index is 12.3. The van der Waals surface area contributed by atoms with Gasteiger partial charge in [0.25, 0.3) is 0 Å². The number of amides is 2. The summed E-state index contributed by atoms with van der Waals surface area (Å²) >= 11 is 5.98. The van der Waals surface area contributed by atoms with Crippen LogP contribution in [0.3, 0.4) is 0 Å². The van der Waals surface area contributed by atoms with Gasteiger partial charge in [0, 0.05) is 55.7 Å². The van der Waals surface area contributed by atoms with Gasteiger partial charge in [-0.25, -0.2) is 9.79 Å². The molecule has 4 rings (SSSR count). The smallest absolute Gasteiger partial charge is 0.321 e. The Bertz CT molecular complexity index is 918. The van der Waals surface area contributed by atoms with Gasteiger partial charge < -0.3 is 25.8 Å². The Labute approximate surface area is 188 Å². The van der Waals surface area contributed by atoms with E-state index < -0.39 is 0 Å². The molecule has 0 atom stereocenters. The van der Waals surface area contributed by atoms with Gasteiger partial charge in [-0.2, -0.15) is 0 Å². The van der Waals surface area contributed by atoms with E-state index in [1.807, 2.05) is 53.4 Å². The average molecular weight is 441 g/mol. The van der Waals surface area contributed by atoms with Crippen LogP contribution in [-0.4, -0.2) is 61.1 Å². The van der Waals surface area contributed by atoms with E-state index in [0.29, 0.717) is 12.5 Å². The first-order valence-corrected chi connectivity index (χ1v) is 11.2. The third-order valence-corrected chi connectivity index (χ3v) is 6.04. The molecule has 0 aromatic heterocycles. The lowest BCUT2D eigenvalue weighted by Crippen LogP contribution is -2.51. The van der Waals surface area contributed by atoms with E-state index in [-0.39, 0.29) is 6.03 Å². The van der Waals surface area contributed by atoms with Gasteiger partial charge >= 0.3 is 6.03 Å². The summed E-state index contributed by atoms with van der Waals surface area (Å²) in [6.45, 7) is 5.56. The number of hydrogen-bond acceptors (Lipinski definition) is 3. The molecule has 2 amide bonds. The van der Waals surface area contributed by atoms with E-state index in [2.05, 4.69) is 20.1 Å². The minimum atomic E-state index is -0.0313. The van der Waals surface area contributed by atoms with Gasteiger partial charge in [-0.15, -0.1) is 0 Å². The number of carbonyl (C=O) groups excluding carboxylic acids is 1. The topological polar surface area (TPSA) is 77.2 Å². The molecule has 2 aliphatic rings. The highest BCUT2D eigenvalue weighted by molar-refractivity contribution is 6.30. The maximum Gasteiger partial charge on any atom is 0.321 e. The lowest BCUT2D eigenvalue weighted by Gasteiger charge is -2.36. The fraction of sp³-hybridized carbons (Fsp3) is 0.391. The second-order valence-corrected chi connectivity index (χ2v) is 8.39. The van der Waals surface area contributed by atoms with Gasteiger partial charge in [-0.1, -0.05) is 23.7 Å². The molecule has 164 valence electrons. The van der Waals surface area contributed by atoms with Crippen LogP contribution in [0.15, 0.2) is 53.5 Å². The molecule has 7 nitrogen and oxygen atoms in total. The molecule has 2 saturated heterocycles. The molecule has 3 N–H and O–H groups in total. The molecule has 0 spiro atoms. The van der Waals surface area contributed by atoms with Crippen molar-refractivity contribution in [2.75, 3.05) is 49.5 Å². The first-order valence-electron chi connectivity index (χ1n) is 10.8. The third kappa shape index (κ3) is 5.61. The summed E-state index contributed by atoms with van der Waals surface area (Å²) in [6.07, 6.45) is 2.16. The van der Waals surface area contributed by atoms with Gasteiger partial charge in [0.15, 0.2) is 5.96 Å². The van der Waals surface area contributed by atoms with Crippen molar-refractivity contribution >= 4 is 35.0 Å². The van der Waals surface area contributed by atoms with Crippen LogP contribution in [0.2, 0.25) is 5.02 Å². The summed E-state index contributed by atoms with van der Waals surface area (Å²) in [6, 6.07) is 15.7. The zero-order chi connectivity index (χ0) is 21.6. The van der Waals surface area contributed by atoms with Crippen LogP contribution in [-0.2, 0) is 6.54 Å². The van der Waals surface area contributed by atoms with Crippen molar-refractivity contribution in [3.63, 3.8) is 0 Å². The summed E-state index contributed by atoms with van der Waals surface area (Å²) in [5, 5.41) is 3.73. The van der Waals surface area contributed by atoms with E-state index in [1.54, 1.807) is 0 Å². The largest absolute Gasteiger partial charge is 0.370 e. The Morgan fingerprint density at radius 3 is 2.39 bits per heavy atom. The van der Waals surface area contributed by atoms with E-state index in [4.69, 9.17) is 17.3 Å². The van der Waals surface area contributed by atoms with Crippen LogP contribution >= 0.6 is 11.6 Å². The Kier molecular flexibility index (Phi) is 6.82. The monoisotopic (exact) mass is 440 g/mol. The Balaban J connectivity index is 1.29. The summed E-state index contributed by atoms with van der Waals surface area (Å²) in [5.41, 5.74) is 9.25. The molecule has 0 aliphatic carbocycles. The van der Waals surface area contributed by atoms with Crippen molar-refractivity contribution in [1.82, 2.24) is 9.80 Å². The quantitative estimate of drug-likeness (QED) is 0.562. The van der Waals surface area contributed by atoms with Gasteiger partial charge in [-0.05, 0) is 54.8 Å². The molecule has 2 aliphatic heterocycles. The number of likely N-dealkylation sites (tertiary alicyclic amines) is 1. The predicted octanol–water partition coefficient (Wildman–Crippen LogP) is 3.60. The number of nitrogens with zero attached hydrogens (tertiary/aromatic N) is 4. The van der Waals surface area contributed by atoms with E-state index >= 15 is 0 Å². The lowest BCUT2D eigenvalue weighted by atomic mass is 10.2. The van der Waals surface area contributed by atoms with Crippen LogP contribution in [0.5, 0.6) is 0 Å². The van der Waals surface area contributed by atoms with Crippen LogP contribution in [0.4, 0.5) is 16.2 Å². The number of carbonyl (C=O) groups is 1. The van der Waals surface area contributed by atoms with E-state index in [0.717, 1.165) is 68.4 Å². The zero-order valence-electron chi connectivity index (χ0n) is 17.6. The standard InChI is InChI=1S/C23H29ClN6O/c24-19-6-8-21(9-7-19)28-12-14-29(15-13-28)22(25)26-17-18-4-3-5-20(16-18)27-23(31)30-10-1-2-11-30/h3-9,16H,1-2,10-15,17H2,(H2,25,26)(H,27,31). The molecule has 2 fully saturated rings. The molecule has 2 aromatic carbocycles. The van der Waals surface area contributed by atoms with E-state index in [9.17, 15) is 4.79 Å². The van der Waals surface area contributed by atoms with E-state index in [1.165, 1.54) is 5.69 Å². The molecule has 0 bridgehead atoms. The minimum Gasteiger partial charge on any atom is -0.370 e. The number of hydrogen-bond donors (Lipinski definition) is 2. The number of piperazine rings is 1. The number of nitrogens with one attached hydrogen (secondary N) is 1. The number of aliphatic imine (C=N–C) groups is 1. The van der Waals surface area contributed by atoms with Crippen LogP contribution in [0.25, 0.3) is 0 Å². The van der Waals surface area contributed by atoms with Crippen molar-refractivity contribution < 1.29 is 4.79 Å². The fourth-order valence-electron chi connectivity index (χ4n) is 3.99. The van der Waals surface area contributed by atoms with Crippen LogP contribution < -0.4 is 16.0 Å². The van der Waals surface area contributed by atoms with Crippen molar-refractivity contribution in [2.45, 2.75) is 19.4 Å². The van der Waals surface area contributed by atoms with Crippen molar-refractivity contribution in [3.05, 3.63) is 59.1 Å². The third-order valence-electron chi connectivity index (χ3n) is 5.79. The Morgan fingerprint density at radius 2 is 1.68 bits per heavy atom. The highest BCUT2D eigenvalue weighted by atomic mass is 35.5. The molecule has 0 saturated carbocycles. The molecule has 2 aromatic rings. The normalized spacial score (nSPS) is 17.2. The SMILES string of the molecule is NC(=NCc1cccc(NC(=O)N2CCCC2)c1)N1CCN(c2ccc(Cl)cc2)CC1. The zero-order valence-corrected chi connectivity index (χ0v) is 18.4. The summed E-state index contributed by atoms with van der Waals surface area (Å²) in [5.74, 6) is 0.558. The van der Waals surface area contributed by atoms with Crippen molar-refractivity contribution in [2.24, 2.45) is 10.7 Å². The fourth-order valence-corrected chi connectivity index (χ4v) is 4.11. The molecule has 8 heteroatoms. The molecule has 31 heavy (non-hydrogen) atoms. The molecule has 0 radical (unpaired) electrons. The van der Waals surface area contributed by atoms with Gasteiger partial charge in [0.2, 0.25) is 0 Å². The summed E-state index contributed by atoms with van der Waals surface area (Å²) in [7, 11) is 0. The number of urea groups is 1. The summed E-state index contributed by atoms with van der Waals surface area (Å²) < 4.78 is 0. The number of benzene rings is 2. The van der Waals surface area contributed by atoms with Crippen LogP contribution in [0, 0.1) is 0 Å². The van der Waals surface area contributed by atoms with Gasteiger partial charge in [-0.3, -0.25) is 0 Å². The number of rotatable bonds is 4. The van der Waals surface area contributed by atoms with Gasteiger partial charge in [0.05, 0.1) is 6.54 Å². The minimum absolute atomic E-state index is 0.0313. The average Bonchev–Trinajstić information content (AvgIpc) is 3.34.